The van der Waals surface area contributed by atoms with Gasteiger partial charge in [0.25, 0.3) is 5.91 Å². The Balaban J connectivity index is 1.83. The zero-order valence-corrected chi connectivity index (χ0v) is 22.8. The third-order valence-electron chi connectivity index (χ3n) is 7.68. The summed E-state index contributed by atoms with van der Waals surface area (Å²) in [7, 11) is 0. The number of nitrogens with zero attached hydrogens (tertiary/aromatic N) is 1. The Morgan fingerprint density at radius 2 is 1.61 bits per heavy atom. The van der Waals surface area contributed by atoms with Crippen molar-refractivity contribution < 1.29 is 28.7 Å². The molecule has 36 heavy (non-hydrogen) atoms. The Bertz CT molecular complexity index is 943. The number of likely N-dealkylation sites (tertiary alicyclic amines) is 1. The fourth-order valence-electron chi connectivity index (χ4n) is 5.40. The number of amides is 4. The standard InChI is InChI=1S/C26H42N4O6/c1-24(2,3)19(29-23(35)36-25(4,5)6)22(34)30-12-14-16(26(14,7)8)17(30)21(33)28-15(11-13-9-10-13)18(31)20(27)32/h13-17,19H,9-12H2,1-8H3,(H2,27,32)(H,28,33)(H,29,35)/t14?,15?,16?,17?,19-/m1/s1. The Kier molecular flexibility index (Phi) is 7.24. The lowest BCUT2D eigenvalue weighted by molar-refractivity contribution is -0.145. The van der Waals surface area contributed by atoms with Gasteiger partial charge in [0, 0.05) is 6.54 Å². The summed E-state index contributed by atoms with van der Waals surface area (Å²) in [5.74, 6) is -2.45. The summed E-state index contributed by atoms with van der Waals surface area (Å²) < 4.78 is 5.38. The van der Waals surface area contributed by atoms with Gasteiger partial charge in [-0.15, -0.1) is 0 Å². The molecule has 0 aromatic heterocycles. The monoisotopic (exact) mass is 506 g/mol. The van der Waals surface area contributed by atoms with Gasteiger partial charge in [-0.2, -0.15) is 0 Å². The van der Waals surface area contributed by atoms with Crippen LogP contribution in [-0.2, 0) is 23.9 Å². The van der Waals surface area contributed by atoms with Gasteiger partial charge in [-0.25, -0.2) is 4.79 Å². The molecule has 4 N–H and O–H groups in total. The average Bonchev–Trinajstić information content (AvgIpc) is 3.55. The number of nitrogens with one attached hydrogen (secondary N) is 2. The highest BCUT2D eigenvalue weighted by atomic mass is 16.6. The lowest BCUT2D eigenvalue weighted by atomic mass is 9.85. The first-order chi connectivity index (χ1) is 16.3. The summed E-state index contributed by atoms with van der Waals surface area (Å²) in [6.45, 7) is 15.2. The van der Waals surface area contributed by atoms with Crippen LogP contribution in [0.1, 0.15) is 74.7 Å². The summed E-state index contributed by atoms with van der Waals surface area (Å²) in [5, 5.41) is 5.45. The molecule has 5 atom stereocenters. The average molecular weight is 507 g/mol. The Morgan fingerprint density at radius 1 is 1.03 bits per heavy atom. The van der Waals surface area contributed by atoms with E-state index in [1.54, 1.807) is 20.8 Å². The van der Waals surface area contributed by atoms with E-state index >= 15 is 0 Å². The van der Waals surface area contributed by atoms with Gasteiger partial charge in [0.05, 0.1) is 6.04 Å². The number of alkyl carbamates (subject to hydrolysis) is 1. The maximum absolute atomic E-state index is 13.8. The molecular weight excluding hydrogens is 464 g/mol. The van der Waals surface area contributed by atoms with Crippen molar-refractivity contribution in [1.29, 1.82) is 0 Å². The van der Waals surface area contributed by atoms with Crippen molar-refractivity contribution in [3.05, 3.63) is 0 Å². The Hall–Kier alpha value is -2.65. The third-order valence-corrected chi connectivity index (χ3v) is 7.68. The number of ketones is 1. The van der Waals surface area contributed by atoms with E-state index in [2.05, 4.69) is 24.5 Å². The van der Waals surface area contributed by atoms with Crippen molar-refractivity contribution in [2.45, 2.75) is 98.4 Å². The SMILES string of the molecule is CC(C)(C)OC(=O)N[C@H](C(=O)N1CC2C(C1C(=O)NC(CC1CC1)C(=O)C(N)=O)C2(C)C)C(C)(C)C. The highest BCUT2D eigenvalue weighted by Crippen LogP contribution is 2.65. The van der Waals surface area contributed by atoms with Gasteiger partial charge in [0.1, 0.15) is 17.7 Å². The smallest absolute Gasteiger partial charge is 0.408 e. The molecular formula is C26H42N4O6. The first kappa shape index (κ1) is 27.9. The second-order valence-corrected chi connectivity index (χ2v) is 13.3. The van der Waals surface area contributed by atoms with Crippen LogP contribution >= 0.6 is 0 Å². The molecule has 10 heteroatoms. The molecule has 0 aromatic carbocycles. The van der Waals surface area contributed by atoms with Crippen molar-refractivity contribution in [1.82, 2.24) is 15.5 Å². The molecule has 202 valence electrons. The van der Waals surface area contributed by atoms with E-state index in [0.29, 0.717) is 13.0 Å². The van der Waals surface area contributed by atoms with E-state index < -0.39 is 52.8 Å². The van der Waals surface area contributed by atoms with Crippen molar-refractivity contribution in [2.24, 2.45) is 34.3 Å². The van der Waals surface area contributed by atoms with E-state index in [-0.39, 0.29) is 29.1 Å². The minimum atomic E-state index is -1.08. The number of Topliss-reactive ketones (excluding diaryl/α,β-unsaturated/α-hetero) is 1. The van der Waals surface area contributed by atoms with Gasteiger partial charge in [0.15, 0.2) is 0 Å². The molecule has 1 aliphatic heterocycles. The second-order valence-electron chi connectivity index (χ2n) is 13.3. The van der Waals surface area contributed by atoms with E-state index in [0.717, 1.165) is 12.8 Å². The van der Waals surface area contributed by atoms with Crippen molar-refractivity contribution in [2.75, 3.05) is 6.54 Å². The third kappa shape index (κ3) is 6.00. The van der Waals surface area contributed by atoms with Crippen molar-refractivity contribution >= 4 is 29.6 Å². The molecule has 3 rings (SSSR count). The molecule has 4 amide bonds. The van der Waals surface area contributed by atoms with Gasteiger partial charge in [0.2, 0.25) is 17.6 Å². The molecule has 0 bridgehead atoms. The Morgan fingerprint density at radius 3 is 2.08 bits per heavy atom. The van der Waals surface area contributed by atoms with Crippen LogP contribution < -0.4 is 16.4 Å². The van der Waals surface area contributed by atoms with Gasteiger partial charge < -0.3 is 26.0 Å². The number of nitrogens with two attached hydrogens (primary N) is 1. The summed E-state index contributed by atoms with van der Waals surface area (Å²) >= 11 is 0. The normalized spacial score (nSPS) is 26.3. The number of piperidine rings is 1. The van der Waals surface area contributed by atoms with Crippen LogP contribution in [0.5, 0.6) is 0 Å². The first-order valence-electron chi connectivity index (χ1n) is 12.8. The number of rotatable bonds is 8. The number of carbonyl (C=O) groups excluding carboxylic acids is 5. The minimum absolute atomic E-state index is 0.0890. The fourth-order valence-corrected chi connectivity index (χ4v) is 5.40. The van der Waals surface area contributed by atoms with Crippen LogP contribution in [0, 0.1) is 28.6 Å². The largest absolute Gasteiger partial charge is 0.444 e. The summed E-state index contributed by atoms with van der Waals surface area (Å²) in [6.07, 6.45) is 1.52. The van der Waals surface area contributed by atoms with Gasteiger partial charge in [-0.1, -0.05) is 47.5 Å². The molecule has 3 aliphatic rings. The molecule has 1 saturated heterocycles. The lowest BCUT2D eigenvalue weighted by Gasteiger charge is -2.38. The van der Waals surface area contributed by atoms with Gasteiger partial charge in [-0.3, -0.25) is 19.2 Å². The number of hydrogen-bond acceptors (Lipinski definition) is 6. The van der Waals surface area contributed by atoms with E-state index in [4.69, 9.17) is 10.5 Å². The van der Waals surface area contributed by atoms with E-state index in [1.807, 2.05) is 20.8 Å². The molecule has 0 radical (unpaired) electrons. The topological polar surface area (TPSA) is 148 Å². The quantitative estimate of drug-likeness (QED) is 0.427. The van der Waals surface area contributed by atoms with Crippen LogP contribution in [0.3, 0.4) is 0 Å². The highest BCUT2D eigenvalue weighted by Gasteiger charge is 2.70. The lowest BCUT2D eigenvalue weighted by Crippen LogP contribution is -2.60. The van der Waals surface area contributed by atoms with Gasteiger partial charge in [-0.05, 0) is 55.8 Å². The number of fused-ring (bicyclic) bond motifs is 1. The first-order valence-corrected chi connectivity index (χ1v) is 12.8. The molecule has 4 unspecified atom stereocenters. The second kappa shape index (κ2) is 9.34. The predicted octanol–water partition coefficient (Wildman–Crippen LogP) is 1.75. The number of hydrogen-bond donors (Lipinski definition) is 3. The van der Waals surface area contributed by atoms with Crippen LogP contribution in [0.4, 0.5) is 4.79 Å². The summed E-state index contributed by atoms with van der Waals surface area (Å²) in [6, 6.07) is -2.75. The predicted molar refractivity (Wildman–Crippen MR) is 132 cm³/mol. The molecule has 0 aromatic rings. The molecule has 0 spiro atoms. The van der Waals surface area contributed by atoms with Crippen molar-refractivity contribution in [3.8, 4) is 0 Å². The molecule has 2 saturated carbocycles. The fraction of sp³-hybridized carbons (Fsp3) is 0.808. The van der Waals surface area contributed by atoms with Crippen LogP contribution in [0.25, 0.3) is 0 Å². The number of ether oxygens (including phenoxy) is 1. The van der Waals surface area contributed by atoms with Crippen LogP contribution in [-0.4, -0.2) is 64.8 Å². The number of carbonyl (C=O) groups is 5. The molecule has 1 heterocycles. The number of primary amides is 1. The Labute approximate surface area is 213 Å². The summed E-state index contributed by atoms with van der Waals surface area (Å²) in [4.78, 5) is 65.5. The zero-order chi connectivity index (χ0) is 27.4. The highest BCUT2D eigenvalue weighted by molar-refractivity contribution is 6.37. The molecule has 2 aliphatic carbocycles. The molecule has 3 fully saturated rings. The maximum Gasteiger partial charge on any atom is 0.408 e. The van der Waals surface area contributed by atoms with E-state index in [1.165, 1.54) is 4.90 Å². The molecule has 10 nitrogen and oxygen atoms in total. The maximum atomic E-state index is 13.8. The zero-order valence-electron chi connectivity index (χ0n) is 22.8. The van der Waals surface area contributed by atoms with Crippen LogP contribution in [0.2, 0.25) is 0 Å². The van der Waals surface area contributed by atoms with Gasteiger partial charge >= 0.3 is 6.09 Å². The van der Waals surface area contributed by atoms with Crippen molar-refractivity contribution in [3.63, 3.8) is 0 Å². The van der Waals surface area contributed by atoms with E-state index in [9.17, 15) is 24.0 Å². The minimum Gasteiger partial charge on any atom is -0.444 e. The van der Waals surface area contributed by atoms with Crippen LogP contribution in [0.15, 0.2) is 0 Å². The summed E-state index contributed by atoms with van der Waals surface area (Å²) in [5.41, 5.74) is 3.70.